The van der Waals surface area contributed by atoms with Gasteiger partial charge in [0.05, 0.1) is 24.8 Å². The predicted octanol–water partition coefficient (Wildman–Crippen LogP) is 4.21. The van der Waals surface area contributed by atoms with Crippen LogP contribution in [0.5, 0.6) is 11.5 Å². The molecule has 2 aromatic carbocycles. The maximum atomic E-state index is 12.3. The highest BCUT2D eigenvalue weighted by atomic mass is 32.2. The van der Waals surface area contributed by atoms with Gasteiger partial charge in [0.1, 0.15) is 0 Å². The molecule has 1 N–H and O–H groups in total. The number of ether oxygens (including phenoxy) is 2. The van der Waals surface area contributed by atoms with E-state index in [-0.39, 0.29) is 5.91 Å². The van der Waals surface area contributed by atoms with Gasteiger partial charge in [-0.15, -0.1) is 0 Å². The maximum absolute atomic E-state index is 12.3. The van der Waals surface area contributed by atoms with Crippen LogP contribution in [-0.4, -0.2) is 25.3 Å². The minimum atomic E-state index is -0.158. The number of amides is 1. The van der Waals surface area contributed by atoms with Gasteiger partial charge >= 0.3 is 0 Å². The van der Waals surface area contributed by atoms with Gasteiger partial charge < -0.3 is 14.8 Å². The minimum absolute atomic E-state index is 0.158. The fourth-order valence-corrected chi connectivity index (χ4v) is 3.49. The number of hydrogen-bond acceptors (Lipinski definition) is 5. The van der Waals surface area contributed by atoms with Gasteiger partial charge in [-0.3, -0.25) is 4.79 Å². The van der Waals surface area contributed by atoms with Gasteiger partial charge in [0.25, 0.3) is 5.91 Å². The molecule has 1 aliphatic heterocycles. The van der Waals surface area contributed by atoms with Crippen molar-refractivity contribution in [2.75, 3.05) is 14.2 Å². The van der Waals surface area contributed by atoms with Crippen molar-refractivity contribution in [3.63, 3.8) is 0 Å². The predicted molar refractivity (Wildman–Crippen MR) is 106 cm³/mol. The molecule has 0 atom stereocenters. The van der Waals surface area contributed by atoms with Gasteiger partial charge in [0.15, 0.2) is 16.7 Å². The van der Waals surface area contributed by atoms with E-state index in [9.17, 15) is 4.79 Å². The van der Waals surface area contributed by atoms with Gasteiger partial charge in [-0.05, 0) is 60.5 Å². The third-order valence-electron chi connectivity index (χ3n) is 4.01. The van der Waals surface area contributed by atoms with Gasteiger partial charge in [-0.25, -0.2) is 4.99 Å². The van der Waals surface area contributed by atoms with Crippen LogP contribution in [0.3, 0.4) is 0 Å². The normalized spacial score (nSPS) is 16.8. The molecule has 1 amide bonds. The maximum Gasteiger partial charge on any atom is 0.264 e. The standard InChI is InChI=1S/C20H20N2O3S/c1-12-6-5-7-13(2)18(12)21-20-22-19(23)17(26-20)11-14-8-9-15(24-3)16(10-14)25-4/h5-11H,1-4H3,(H,21,22,23)/b17-11-. The second kappa shape index (κ2) is 7.66. The summed E-state index contributed by atoms with van der Waals surface area (Å²) in [6.45, 7) is 4.02. The van der Waals surface area contributed by atoms with Crippen LogP contribution in [0.25, 0.3) is 6.08 Å². The van der Waals surface area contributed by atoms with Crippen LogP contribution in [-0.2, 0) is 4.79 Å². The smallest absolute Gasteiger partial charge is 0.264 e. The van der Waals surface area contributed by atoms with E-state index in [1.807, 2.05) is 56.3 Å². The number of methoxy groups -OCH3 is 2. The van der Waals surface area contributed by atoms with Crippen LogP contribution in [0, 0.1) is 13.8 Å². The summed E-state index contributed by atoms with van der Waals surface area (Å²) in [6.07, 6.45) is 1.81. The Kier molecular flexibility index (Phi) is 5.32. The summed E-state index contributed by atoms with van der Waals surface area (Å²) in [5, 5.41) is 3.41. The highest BCUT2D eigenvalue weighted by Gasteiger charge is 2.24. The van der Waals surface area contributed by atoms with Crippen LogP contribution in [0.1, 0.15) is 16.7 Å². The molecule has 0 aromatic heterocycles. The van der Waals surface area contributed by atoms with E-state index in [2.05, 4.69) is 10.3 Å². The highest BCUT2D eigenvalue weighted by Crippen LogP contribution is 2.33. The molecule has 1 saturated heterocycles. The lowest BCUT2D eigenvalue weighted by Crippen LogP contribution is -2.19. The number of carbonyl (C=O) groups excluding carboxylic acids is 1. The summed E-state index contributed by atoms with van der Waals surface area (Å²) >= 11 is 1.33. The molecule has 3 rings (SSSR count). The van der Waals surface area contributed by atoms with Crippen molar-refractivity contribution in [3.8, 4) is 11.5 Å². The first-order valence-electron chi connectivity index (χ1n) is 8.09. The molecule has 0 radical (unpaired) electrons. The second-order valence-electron chi connectivity index (χ2n) is 5.84. The Morgan fingerprint density at radius 3 is 2.38 bits per heavy atom. The van der Waals surface area contributed by atoms with Crippen molar-refractivity contribution in [1.29, 1.82) is 0 Å². The Bertz CT molecular complexity index is 899. The fraction of sp³-hybridized carbons (Fsp3) is 0.200. The van der Waals surface area contributed by atoms with E-state index in [0.29, 0.717) is 21.6 Å². The quantitative estimate of drug-likeness (QED) is 0.821. The van der Waals surface area contributed by atoms with E-state index in [1.165, 1.54) is 11.8 Å². The minimum Gasteiger partial charge on any atom is -0.493 e. The molecule has 1 fully saturated rings. The summed E-state index contributed by atoms with van der Waals surface area (Å²) in [5.74, 6) is 1.11. The summed E-state index contributed by atoms with van der Waals surface area (Å²) in [5.41, 5.74) is 3.89. The largest absolute Gasteiger partial charge is 0.493 e. The van der Waals surface area contributed by atoms with Crippen molar-refractivity contribution >= 4 is 34.6 Å². The summed E-state index contributed by atoms with van der Waals surface area (Å²) in [6, 6.07) is 11.5. The highest BCUT2D eigenvalue weighted by molar-refractivity contribution is 8.18. The van der Waals surface area contributed by atoms with Crippen LogP contribution < -0.4 is 14.8 Å². The van der Waals surface area contributed by atoms with Crippen molar-refractivity contribution in [2.24, 2.45) is 4.99 Å². The number of thioether (sulfide) groups is 1. The molecular weight excluding hydrogens is 348 g/mol. The van der Waals surface area contributed by atoms with Crippen molar-refractivity contribution in [3.05, 3.63) is 58.0 Å². The third-order valence-corrected chi connectivity index (χ3v) is 4.92. The molecule has 5 nitrogen and oxygen atoms in total. The third kappa shape index (κ3) is 3.75. The van der Waals surface area contributed by atoms with Gasteiger partial charge in [-0.1, -0.05) is 24.3 Å². The zero-order valence-electron chi connectivity index (χ0n) is 15.1. The molecule has 0 aliphatic carbocycles. The zero-order chi connectivity index (χ0) is 18.7. The number of benzene rings is 2. The van der Waals surface area contributed by atoms with Gasteiger partial charge in [-0.2, -0.15) is 0 Å². The zero-order valence-corrected chi connectivity index (χ0v) is 15.9. The average Bonchev–Trinajstić information content (AvgIpc) is 2.97. The molecule has 0 unspecified atom stereocenters. The summed E-state index contributed by atoms with van der Waals surface area (Å²) < 4.78 is 10.5. The first kappa shape index (κ1) is 18.1. The van der Waals surface area contributed by atoms with Crippen LogP contribution in [0.2, 0.25) is 0 Å². The molecule has 6 heteroatoms. The Balaban J connectivity index is 1.88. The first-order valence-corrected chi connectivity index (χ1v) is 8.91. The van der Waals surface area contributed by atoms with Crippen LogP contribution >= 0.6 is 11.8 Å². The lowest BCUT2D eigenvalue weighted by molar-refractivity contribution is -0.115. The fourth-order valence-electron chi connectivity index (χ4n) is 2.66. The number of para-hydroxylation sites is 1. The number of carbonyl (C=O) groups is 1. The van der Waals surface area contributed by atoms with Gasteiger partial charge in [0.2, 0.25) is 0 Å². The molecule has 0 bridgehead atoms. The second-order valence-corrected chi connectivity index (χ2v) is 6.87. The number of aryl methyl sites for hydroxylation is 2. The molecule has 0 saturated carbocycles. The van der Waals surface area contributed by atoms with Crippen molar-refractivity contribution in [2.45, 2.75) is 13.8 Å². The average molecular weight is 368 g/mol. The first-order chi connectivity index (χ1) is 12.5. The molecule has 26 heavy (non-hydrogen) atoms. The molecular formula is C20H20N2O3S. The van der Waals surface area contributed by atoms with E-state index in [1.54, 1.807) is 14.2 Å². The summed E-state index contributed by atoms with van der Waals surface area (Å²) in [7, 11) is 3.17. The number of amidine groups is 1. The monoisotopic (exact) mass is 368 g/mol. The Hall–Kier alpha value is -2.73. The number of aliphatic imine (C=N–C) groups is 1. The molecule has 1 aliphatic rings. The Labute approximate surface area is 157 Å². The molecule has 2 aromatic rings. The van der Waals surface area contributed by atoms with Crippen LogP contribution in [0.4, 0.5) is 5.69 Å². The van der Waals surface area contributed by atoms with Crippen molar-refractivity contribution < 1.29 is 14.3 Å². The number of nitrogens with zero attached hydrogens (tertiary/aromatic N) is 1. The lowest BCUT2D eigenvalue weighted by Gasteiger charge is -2.07. The Morgan fingerprint density at radius 1 is 1.04 bits per heavy atom. The molecule has 134 valence electrons. The van der Waals surface area contributed by atoms with Gasteiger partial charge in [0, 0.05) is 0 Å². The van der Waals surface area contributed by atoms with Crippen LogP contribution in [0.15, 0.2) is 46.3 Å². The molecule has 0 spiro atoms. The SMILES string of the molecule is COc1ccc(/C=C2\SC(=Nc3c(C)cccc3C)NC2=O)cc1OC. The van der Waals surface area contributed by atoms with E-state index in [4.69, 9.17) is 9.47 Å². The lowest BCUT2D eigenvalue weighted by atomic mass is 10.1. The summed E-state index contributed by atoms with van der Waals surface area (Å²) in [4.78, 5) is 17.5. The molecule has 1 heterocycles. The van der Waals surface area contributed by atoms with Crippen molar-refractivity contribution in [1.82, 2.24) is 5.32 Å². The number of nitrogens with one attached hydrogen (secondary N) is 1. The Morgan fingerprint density at radius 2 is 1.73 bits per heavy atom. The number of rotatable bonds is 4. The topological polar surface area (TPSA) is 59.9 Å². The van der Waals surface area contributed by atoms with E-state index in [0.717, 1.165) is 22.4 Å². The van der Waals surface area contributed by atoms with E-state index >= 15 is 0 Å². The van der Waals surface area contributed by atoms with E-state index < -0.39 is 0 Å². The number of hydrogen-bond donors (Lipinski definition) is 1.